The topological polar surface area (TPSA) is 133 Å². The Kier molecular flexibility index (Phi) is 6.69. The van der Waals surface area contributed by atoms with Crippen molar-refractivity contribution in [3.05, 3.63) is 30.3 Å². The molecule has 2 fully saturated rings. The number of para-hydroxylation sites is 1. The molecule has 31 heavy (non-hydrogen) atoms. The van der Waals surface area contributed by atoms with Crippen LogP contribution in [0.25, 0.3) is 0 Å². The maximum atomic E-state index is 13.3. The van der Waals surface area contributed by atoms with Gasteiger partial charge >= 0.3 is 17.8 Å². The number of nitrogens with one attached hydrogen (secondary N) is 1. The molecule has 1 aliphatic heterocycles. The first kappa shape index (κ1) is 22.4. The van der Waals surface area contributed by atoms with Crippen LogP contribution in [0, 0.1) is 0 Å². The van der Waals surface area contributed by atoms with Gasteiger partial charge in [0.05, 0.1) is 6.54 Å². The van der Waals surface area contributed by atoms with Gasteiger partial charge in [0.15, 0.2) is 0 Å². The van der Waals surface area contributed by atoms with Crippen molar-refractivity contribution in [2.75, 3.05) is 18.0 Å². The standard InChI is InChI=1S/C21H27N5O5/c1-2-3-13-24-17(28)18(29)26(20(24)31)23-14-16(27)25(15-9-5-4-6-10-15)21(19(22)30)11-7-8-12-21/h4-6,9-10,23H,2-3,7-8,11-14H2,1H3,(H2,22,30). The zero-order valence-electron chi connectivity index (χ0n) is 17.5. The molecular weight excluding hydrogens is 402 g/mol. The minimum Gasteiger partial charge on any atom is -0.368 e. The first-order valence-electron chi connectivity index (χ1n) is 10.4. The Bertz CT molecular complexity index is 881. The van der Waals surface area contributed by atoms with Crippen LogP contribution in [0.1, 0.15) is 45.4 Å². The summed E-state index contributed by atoms with van der Waals surface area (Å²) in [5.74, 6) is -3.10. The summed E-state index contributed by atoms with van der Waals surface area (Å²) in [7, 11) is 0. The number of unbranched alkanes of at least 4 members (excludes halogenated alkanes) is 1. The van der Waals surface area contributed by atoms with Crippen LogP contribution in [0.3, 0.4) is 0 Å². The lowest BCUT2D eigenvalue weighted by Gasteiger charge is -2.39. The van der Waals surface area contributed by atoms with Gasteiger partial charge in [-0.1, -0.05) is 44.4 Å². The lowest BCUT2D eigenvalue weighted by molar-refractivity contribution is -0.144. The minimum atomic E-state index is -1.18. The number of benzene rings is 1. The van der Waals surface area contributed by atoms with E-state index in [2.05, 4.69) is 5.43 Å². The third kappa shape index (κ3) is 4.15. The first-order valence-corrected chi connectivity index (χ1v) is 10.4. The van der Waals surface area contributed by atoms with E-state index < -0.39 is 41.7 Å². The van der Waals surface area contributed by atoms with E-state index in [1.165, 1.54) is 4.90 Å². The molecule has 1 aromatic carbocycles. The fraction of sp³-hybridized carbons (Fsp3) is 0.476. The zero-order valence-corrected chi connectivity index (χ0v) is 17.5. The van der Waals surface area contributed by atoms with Gasteiger partial charge < -0.3 is 5.73 Å². The highest BCUT2D eigenvalue weighted by atomic mass is 16.2. The summed E-state index contributed by atoms with van der Waals surface area (Å²) in [6.45, 7) is 1.57. The van der Waals surface area contributed by atoms with Crippen molar-refractivity contribution < 1.29 is 24.0 Å². The molecule has 2 aliphatic rings. The van der Waals surface area contributed by atoms with Gasteiger partial charge in [0.2, 0.25) is 11.8 Å². The van der Waals surface area contributed by atoms with Crippen molar-refractivity contribution in [3.8, 4) is 0 Å². The lowest BCUT2D eigenvalue weighted by atomic mass is 9.93. The Labute approximate surface area is 180 Å². The van der Waals surface area contributed by atoms with E-state index in [0.717, 1.165) is 24.2 Å². The Hall–Kier alpha value is -3.27. The molecule has 1 aromatic rings. The number of nitrogens with two attached hydrogens (primary N) is 1. The van der Waals surface area contributed by atoms with Gasteiger partial charge in [-0.25, -0.2) is 10.2 Å². The maximum absolute atomic E-state index is 13.3. The Morgan fingerprint density at radius 2 is 1.74 bits per heavy atom. The molecule has 0 aromatic heterocycles. The van der Waals surface area contributed by atoms with Gasteiger partial charge in [-0.05, 0) is 31.4 Å². The van der Waals surface area contributed by atoms with Gasteiger partial charge in [0, 0.05) is 12.2 Å². The van der Waals surface area contributed by atoms with E-state index >= 15 is 0 Å². The fourth-order valence-electron chi connectivity index (χ4n) is 4.13. The van der Waals surface area contributed by atoms with E-state index in [0.29, 0.717) is 30.0 Å². The number of rotatable bonds is 9. The number of primary amides is 1. The van der Waals surface area contributed by atoms with Gasteiger partial charge in [-0.3, -0.25) is 29.0 Å². The molecule has 0 bridgehead atoms. The number of nitrogens with zero attached hydrogens (tertiary/aromatic N) is 3. The number of carbonyl (C=O) groups is 5. The molecule has 1 aliphatic carbocycles. The molecule has 3 rings (SSSR count). The van der Waals surface area contributed by atoms with E-state index in [9.17, 15) is 24.0 Å². The summed E-state index contributed by atoms with van der Waals surface area (Å²) >= 11 is 0. The van der Waals surface area contributed by atoms with Crippen molar-refractivity contribution in [2.45, 2.75) is 51.0 Å². The largest absolute Gasteiger partial charge is 0.368 e. The highest BCUT2D eigenvalue weighted by Gasteiger charge is 2.49. The van der Waals surface area contributed by atoms with E-state index in [4.69, 9.17) is 5.73 Å². The molecule has 1 saturated heterocycles. The van der Waals surface area contributed by atoms with Crippen molar-refractivity contribution in [2.24, 2.45) is 5.73 Å². The number of hydrogen-bond acceptors (Lipinski definition) is 6. The SMILES string of the molecule is CCCCN1C(=O)C(=O)N(NCC(=O)N(c2ccccc2)C2(C(N)=O)CCCC2)C1=O. The molecular formula is C21H27N5O5. The Balaban J connectivity index is 1.80. The number of urea groups is 1. The smallest absolute Gasteiger partial charge is 0.349 e. The summed E-state index contributed by atoms with van der Waals surface area (Å²) in [6, 6.07) is 7.85. The monoisotopic (exact) mass is 429 g/mol. The second kappa shape index (κ2) is 9.25. The molecule has 6 amide bonds. The summed E-state index contributed by atoms with van der Waals surface area (Å²) in [5.41, 5.74) is 7.52. The average molecular weight is 429 g/mol. The quantitative estimate of drug-likeness (QED) is 0.443. The predicted molar refractivity (Wildman–Crippen MR) is 111 cm³/mol. The molecule has 3 N–H and O–H groups in total. The van der Waals surface area contributed by atoms with E-state index in [-0.39, 0.29) is 6.54 Å². The summed E-state index contributed by atoms with van der Waals surface area (Å²) in [6.07, 6.45) is 3.66. The van der Waals surface area contributed by atoms with E-state index in [1.807, 2.05) is 6.92 Å². The van der Waals surface area contributed by atoms with Crippen LogP contribution in [-0.4, -0.2) is 58.2 Å². The molecule has 0 spiro atoms. The van der Waals surface area contributed by atoms with Crippen molar-refractivity contribution >= 4 is 35.3 Å². The summed E-state index contributed by atoms with van der Waals surface area (Å²) in [5, 5.41) is 0.560. The van der Waals surface area contributed by atoms with Crippen LogP contribution in [0.4, 0.5) is 10.5 Å². The second-order valence-electron chi connectivity index (χ2n) is 7.74. The average Bonchev–Trinajstić information content (AvgIpc) is 3.32. The molecule has 1 heterocycles. The summed E-state index contributed by atoms with van der Waals surface area (Å²) in [4.78, 5) is 64.7. The molecule has 1 saturated carbocycles. The van der Waals surface area contributed by atoms with Crippen LogP contribution in [0.15, 0.2) is 30.3 Å². The molecule has 0 unspecified atom stereocenters. The number of anilines is 1. The third-order valence-corrected chi connectivity index (χ3v) is 5.76. The number of amides is 6. The van der Waals surface area contributed by atoms with Gasteiger partial charge in [0.25, 0.3) is 0 Å². The van der Waals surface area contributed by atoms with Crippen molar-refractivity contribution in [1.29, 1.82) is 0 Å². The molecule has 10 heteroatoms. The number of carbonyl (C=O) groups excluding carboxylic acids is 5. The molecule has 166 valence electrons. The van der Waals surface area contributed by atoms with Crippen LogP contribution < -0.4 is 16.1 Å². The van der Waals surface area contributed by atoms with Crippen LogP contribution >= 0.6 is 0 Å². The fourth-order valence-corrected chi connectivity index (χ4v) is 4.13. The number of imide groups is 2. The molecule has 10 nitrogen and oxygen atoms in total. The predicted octanol–water partition coefficient (Wildman–Crippen LogP) is 0.913. The molecule has 0 radical (unpaired) electrons. The molecule has 0 atom stereocenters. The van der Waals surface area contributed by atoms with Crippen molar-refractivity contribution in [1.82, 2.24) is 15.3 Å². The lowest BCUT2D eigenvalue weighted by Crippen LogP contribution is -2.61. The van der Waals surface area contributed by atoms with Crippen LogP contribution in [-0.2, 0) is 19.2 Å². The minimum absolute atomic E-state index is 0.132. The van der Waals surface area contributed by atoms with Gasteiger partial charge in [-0.2, -0.15) is 5.01 Å². The summed E-state index contributed by atoms with van der Waals surface area (Å²) < 4.78 is 0. The van der Waals surface area contributed by atoms with Gasteiger partial charge in [0.1, 0.15) is 5.54 Å². The Morgan fingerprint density at radius 3 is 2.32 bits per heavy atom. The first-order chi connectivity index (χ1) is 14.8. The van der Waals surface area contributed by atoms with Crippen LogP contribution in [0.2, 0.25) is 0 Å². The second-order valence-corrected chi connectivity index (χ2v) is 7.74. The highest BCUT2D eigenvalue weighted by Crippen LogP contribution is 2.38. The normalized spacial score (nSPS) is 18.0. The maximum Gasteiger partial charge on any atom is 0.349 e. The zero-order chi connectivity index (χ0) is 22.6. The van der Waals surface area contributed by atoms with Crippen LogP contribution in [0.5, 0.6) is 0 Å². The van der Waals surface area contributed by atoms with Gasteiger partial charge in [-0.15, -0.1) is 0 Å². The Morgan fingerprint density at radius 1 is 1.10 bits per heavy atom. The van der Waals surface area contributed by atoms with E-state index in [1.54, 1.807) is 30.3 Å². The third-order valence-electron chi connectivity index (χ3n) is 5.76. The number of hydrogen-bond donors (Lipinski definition) is 2. The van der Waals surface area contributed by atoms with Crippen molar-refractivity contribution in [3.63, 3.8) is 0 Å². The number of hydrazine groups is 1. The highest BCUT2D eigenvalue weighted by molar-refractivity contribution is 6.44.